The molecule has 0 radical (unpaired) electrons. The zero-order valence-electron chi connectivity index (χ0n) is 14.4. The number of nitrogens with two attached hydrogens (primary N) is 1. The van der Waals surface area contributed by atoms with Crippen molar-refractivity contribution in [3.8, 4) is 5.69 Å². The van der Waals surface area contributed by atoms with E-state index < -0.39 is 10.0 Å². The number of benzene rings is 2. The smallest absolute Gasteiger partial charge is 0.274 e. The average molecular weight is 382 g/mol. The van der Waals surface area contributed by atoms with Crippen molar-refractivity contribution in [3.63, 3.8) is 0 Å². The molecule has 1 heterocycles. The highest BCUT2D eigenvalue weighted by Gasteiger charge is 2.29. The summed E-state index contributed by atoms with van der Waals surface area (Å²) in [6.45, 7) is 0. The number of anilines is 1. The predicted octanol–water partition coefficient (Wildman–Crippen LogP) is 2.65. The van der Waals surface area contributed by atoms with Gasteiger partial charge in [0.25, 0.3) is 5.91 Å². The molecule has 1 amide bonds. The minimum absolute atomic E-state index is 0.00848. The van der Waals surface area contributed by atoms with Crippen LogP contribution in [-0.4, -0.2) is 24.1 Å². The molecule has 0 bridgehead atoms. The highest BCUT2D eigenvalue weighted by Crippen LogP contribution is 2.39. The maximum absolute atomic E-state index is 12.8. The van der Waals surface area contributed by atoms with Crippen LogP contribution in [0.4, 0.5) is 5.69 Å². The molecule has 0 saturated heterocycles. The van der Waals surface area contributed by atoms with Gasteiger partial charge in [-0.15, -0.1) is 0 Å². The summed E-state index contributed by atoms with van der Waals surface area (Å²) in [4.78, 5) is 12.8. The lowest BCUT2D eigenvalue weighted by molar-refractivity contribution is 0.101. The van der Waals surface area contributed by atoms with Crippen LogP contribution in [0.15, 0.2) is 65.6 Å². The van der Waals surface area contributed by atoms with Crippen molar-refractivity contribution in [2.45, 2.75) is 23.7 Å². The predicted molar refractivity (Wildman–Crippen MR) is 101 cm³/mol. The lowest BCUT2D eigenvalue weighted by atomic mass is 10.2. The Bertz CT molecular complexity index is 1090. The highest BCUT2D eigenvalue weighted by atomic mass is 32.2. The quantitative estimate of drug-likeness (QED) is 0.707. The molecule has 2 aromatic carbocycles. The second kappa shape index (κ2) is 6.64. The van der Waals surface area contributed by atoms with Crippen LogP contribution in [0.1, 0.15) is 34.9 Å². The molecule has 7 nitrogen and oxygen atoms in total. The van der Waals surface area contributed by atoms with Gasteiger partial charge in [-0.05, 0) is 55.3 Å². The summed E-state index contributed by atoms with van der Waals surface area (Å²) in [5.74, 6) is 0.0946. The molecule has 8 heteroatoms. The van der Waals surface area contributed by atoms with Crippen molar-refractivity contribution in [1.29, 1.82) is 0 Å². The fourth-order valence-corrected chi connectivity index (χ4v) is 3.34. The van der Waals surface area contributed by atoms with Crippen molar-refractivity contribution in [1.82, 2.24) is 9.78 Å². The van der Waals surface area contributed by atoms with Gasteiger partial charge in [-0.2, -0.15) is 5.10 Å². The monoisotopic (exact) mass is 382 g/mol. The normalized spacial score (nSPS) is 14.1. The number of rotatable bonds is 5. The van der Waals surface area contributed by atoms with E-state index in [-0.39, 0.29) is 10.8 Å². The number of aromatic nitrogens is 2. The van der Waals surface area contributed by atoms with Gasteiger partial charge in [-0.3, -0.25) is 4.79 Å². The second-order valence-corrected chi connectivity index (χ2v) is 8.06. The Morgan fingerprint density at radius 1 is 1.07 bits per heavy atom. The SMILES string of the molecule is NS(=O)(=O)c1ccc(NC(=O)c2cc(C3CC3)nn2-c2ccccc2)cc1. The van der Waals surface area contributed by atoms with Crippen LogP contribution in [0, 0.1) is 0 Å². The molecule has 1 aliphatic carbocycles. The van der Waals surface area contributed by atoms with Crippen LogP contribution < -0.4 is 10.5 Å². The number of hydrogen-bond donors (Lipinski definition) is 2. The van der Waals surface area contributed by atoms with E-state index in [4.69, 9.17) is 5.14 Å². The fourth-order valence-electron chi connectivity index (χ4n) is 2.83. The standard InChI is InChI=1S/C19H18N4O3S/c20-27(25,26)16-10-8-14(9-11-16)21-19(24)18-12-17(13-6-7-13)22-23(18)15-4-2-1-3-5-15/h1-5,8-13H,6-7H2,(H,21,24)(H2,20,25,26). The summed E-state index contributed by atoms with van der Waals surface area (Å²) in [7, 11) is -3.77. The Morgan fingerprint density at radius 2 is 1.74 bits per heavy atom. The molecule has 1 aromatic heterocycles. The van der Waals surface area contributed by atoms with Gasteiger partial charge in [-0.25, -0.2) is 18.2 Å². The van der Waals surface area contributed by atoms with Gasteiger partial charge in [0.1, 0.15) is 5.69 Å². The first kappa shape index (κ1) is 17.4. The number of sulfonamides is 1. The molecule has 27 heavy (non-hydrogen) atoms. The van der Waals surface area contributed by atoms with E-state index in [1.807, 2.05) is 36.4 Å². The number of para-hydroxylation sites is 1. The van der Waals surface area contributed by atoms with E-state index in [1.54, 1.807) is 4.68 Å². The summed E-state index contributed by atoms with van der Waals surface area (Å²) < 4.78 is 24.3. The summed E-state index contributed by atoms with van der Waals surface area (Å²) in [6.07, 6.45) is 2.17. The molecule has 3 aromatic rings. The first-order valence-corrected chi connectivity index (χ1v) is 10.1. The number of nitrogens with one attached hydrogen (secondary N) is 1. The largest absolute Gasteiger partial charge is 0.321 e. The Kier molecular flexibility index (Phi) is 4.29. The molecular weight excluding hydrogens is 364 g/mol. The third-order valence-electron chi connectivity index (χ3n) is 4.40. The van der Waals surface area contributed by atoms with Crippen LogP contribution in [0.25, 0.3) is 5.69 Å². The maximum atomic E-state index is 12.8. The van der Waals surface area contributed by atoms with E-state index in [2.05, 4.69) is 10.4 Å². The molecule has 1 aliphatic rings. The van der Waals surface area contributed by atoms with Gasteiger partial charge < -0.3 is 5.32 Å². The number of primary sulfonamides is 1. The fraction of sp³-hybridized carbons (Fsp3) is 0.158. The van der Waals surface area contributed by atoms with Crippen molar-refractivity contribution >= 4 is 21.6 Å². The van der Waals surface area contributed by atoms with E-state index in [0.717, 1.165) is 24.2 Å². The highest BCUT2D eigenvalue weighted by molar-refractivity contribution is 7.89. The maximum Gasteiger partial charge on any atom is 0.274 e. The first-order valence-electron chi connectivity index (χ1n) is 8.51. The van der Waals surface area contributed by atoms with Gasteiger partial charge in [0.05, 0.1) is 16.3 Å². The van der Waals surface area contributed by atoms with Gasteiger partial charge in [-0.1, -0.05) is 18.2 Å². The van der Waals surface area contributed by atoms with E-state index in [9.17, 15) is 13.2 Å². The molecule has 0 aliphatic heterocycles. The number of amides is 1. The molecule has 0 atom stereocenters. The zero-order chi connectivity index (χ0) is 19.0. The Morgan fingerprint density at radius 3 is 2.33 bits per heavy atom. The van der Waals surface area contributed by atoms with E-state index in [0.29, 0.717) is 17.3 Å². The third kappa shape index (κ3) is 3.76. The third-order valence-corrected chi connectivity index (χ3v) is 5.33. The zero-order valence-corrected chi connectivity index (χ0v) is 15.2. The van der Waals surface area contributed by atoms with Crippen LogP contribution in [-0.2, 0) is 10.0 Å². The first-order chi connectivity index (χ1) is 12.9. The molecule has 1 fully saturated rings. The molecule has 0 spiro atoms. The summed E-state index contributed by atoms with van der Waals surface area (Å²) in [5, 5.41) is 12.5. The second-order valence-electron chi connectivity index (χ2n) is 6.50. The van der Waals surface area contributed by atoms with Crippen LogP contribution >= 0.6 is 0 Å². The summed E-state index contributed by atoms with van der Waals surface area (Å²) in [5.41, 5.74) is 2.62. The van der Waals surface area contributed by atoms with Crippen molar-refractivity contribution in [2.24, 2.45) is 5.14 Å². The van der Waals surface area contributed by atoms with Crippen molar-refractivity contribution in [3.05, 3.63) is 72.1 Å². The molecular formula is C19H18N4O3S. The Labute approximate surface area is 156 Å². The number of nitrogens with zero attached hydrogens (tertiary/aromatic N) is 2. The van der Waals surface area contributed by atoms with E-state index >= 15 is 0 Å². The topological polar surface area (TPSA) is 107 Å². The van der Waals surface area contributed by atoms with Gasteiger partial charge in [0.15, 0.2) is 0 Å². The molecule has 1 saturated carbocycles. The molecule has 0 unspecified atom stereocenters. The lowest BCUT2D eigenvalue weighted by Gasteiger charge is -2.09. The van der Waals surface area contributed by atoms with Crippen LogP contribution in [0.3, 0.4) is 0 Å². The Balaban J connectivity index is 1.63. The van der Waals surface area contributed by atoms with Crippen LogP contribution in [0.2, 0.25) is 0 Å². The minimum atomic E-state index is -3.77. The summed E-state index contributed by atoms with van der Waals surface area (Å²) in [6, 6.07) is 17.0. The number of carbonyl (C=O) groups is 1. The number of carbonyl (C=O) groups excluding carboxylic acids is 1. The molecule has 138 valence electrons. The Hall–Kier alpha value is -2.97. The van der Waals surface area contributed by atoms with E-state index in [1.165, 1.54) is 24.3 Å². The summed E-state index contributed by atoms with van der Waals surface area (Å²) >= 11 is 0. The van der Waals surface area contributed by atoms with Crippen molar-refractivity contribution in [2.75, 3.05) is 5.32 Å². The van der Waals surface area contributed by atoms with Gasteiger partial charge in [0, 0.05) is 11.6 Å². The van der Waals surface area contributed by atoms with Crippen LogP contribution in [0.5, 0.6) is 0 Å². The van der Waals surface area contributed by atoms with Gasteiger partial charge >= 0.3 is 0 Å². The minimum Gasteiger partial charge on any atom is -0.321 e. The molecule has 3 N–H and O–H groups in total. The lowest BCUT2D eigenvalue weighted by Crippen LogP contribution is -2.17. The molecule has 4 rings (SSSR count). The number of hydrogen-bond acceptors (Lipinski definition) is 4. The van der Waals surface area contributed by atoms with Crippen molar-refractivity contribution < 1.29 is 13.2 Å². The van der Waals surface area contributed by atoms with Gasteiger partial charge in [0.2, 0.25) is 10.0 Å². The average Bonchev–Trinajstić information content (AvgIpc) is 3.40.